The van der Waals surface area contributed by atoms with Gasteiger partial charge in [-0.15, -0.1) is 0 Å². The summed E-state index contributed by atoms with van der Waals surface area (Å²) in [6, 6.07) is 40.6. The van der Waals surface area contributed by atoms with Crippen LogP contribution in [0.2, 0.25) is 0 Å². The number of rotatable bonds is 13. The zero-order valence-corrected chi connectivity index (χ0v) is 22.2. The number of hydrogen-bond acceptors (Lipinski definition) is 5. The van der Waals surface area contributed by atoms with E-state index >= 15 is 0 Å². The van der Waals surface area contributed by atoms with Crippen LogP contribution in [-0.2, 0) is 40.6 Å². The molecule has 4 aromatic carbocycles. The van der Waals surface area contributed by atoms with Crippen LogP contribution in [0, 0.1) is 0 Å². The van der Waals surface area contributed by atoms with Gasteiger partial charge in [-0.25, -0.2) is 0 Å². The fourth-order valence-electron chi connectivity index (χ4n) is 5.31. The van der Waals surface area contributed by atoms with Gasteiger partial charge in [0.1, 0.15) is 12.2 Å². The average molecular weight is 524 g/mol. The predicted molar refractivity (Wildman–Crippen MR) is 153 cm³/mol. The standard InChI is InChI=1S/C34H37NO4/c36-22-31-33(38-24-29-17-9-3-10-18-29)34(39-25-30-19-11-4-12-20-30)32(26-37-23-28-15-7-2-8-16-28)35(31)21-27-13-5-1-6-14-27/h1-20,31-34,36H,21-26H2/t31-,32+,33+,34+/m0/s1. The summed E-state index contributed by atoms with van der Waals surface area (Å²) in [5, 5.41) is 10.7. The van der Waals surface area contributed by atoms with Crippen LogP contribution in [0.25, 0.3) is 0 Å². The van der Waals surface area contributed by atoms with Gasteiger partial charge in [-0.2, -0.15) is 0 Å². The molecule has 1 aliphatic rings. The molecule has 39 heavy (non-hydrogen) atoms. The number of benzene rings is 4. The molecule has 0 unspecified atom stereocenters. The second kappa shape index (κ2) is 14.2. The fourth-order valence-corrected chi connectivity index (χ4v) is 5.31. The molecule has 0 aliphatic carbocycles. The number of aliphatic hydroxyl groups excluding tert-OH is 1. The van der Waals surface area contributed by atoms with Gasteiger partial charge < -0.3 is 19.3 Å². The summed E-state index contributed by atoms with van der Waals surface area (Å²) in [7, 11) is 0. The summed E-state index contributed by atoms with van der Waals surface area (Å²) >= 11 is 0. The van der Waals surface area contributed by atoms with E-state index in [1.807, 2.05) is 72.8 Å². The van der Waals surface area contributed by atoms with Crippen molar-refractivity contribution in [3.8, 4) is 0 Å². The molecule has 1 aliphatic heterocycles. The Morgan fingerprint density at radius 1 is 0.513 bits per heavy atom. The van der Waals surface area contributed by atoms with Gasteiger partial charge in [0.25, 0.3) is 0 Å². The molecule has 4 atom stereocenters. The maximum absolute atomic E-state index is 10.7. The van der Waals surface area contributed by atoms with Gasteiger partial charge >= 0.3 is 0 Å². The first-order valence-electron chi connectivity index (χ1n) is 13.6. The molecule has 1 fully saturated rings. The first kappa shape index (κ1) is 27.3. The number of ether oxygens (including phenoxy) is 3. The highest BCUT2D eigenvalue weighted by Crippen LogP contribution is 2.33. The molecule has 4 aromatic rings. The highest BCUT2D eigenvalue weighted by atomic mass is 16.5. The maximum Gasteiger partial charge on any atom is 0.103 e. The van der Waals surface area contributed by atoms with Crippen molar-refractivity contribution >= 4 is 0 Å². The molecule has 1 N–H and O–H groups in total. The molecule has 0 spiro atoms. The summed E-state index contributed by atoms with van der Waals surface area (Å²) in [6.07, 6.45) is -0.612. The van der Waals surface area contributed by atoms with Crippen molar-refractivity contribution in [2.24, 2.45) is 0 Å². The van der Waals surface area contributed by atoms with Crippen molar-refractivity contribution in [1.29, 1.82) is 0 Å². The van der Waals surface area contributed by atoms with E-state index in [1.165, 1.54) is 5.56 Å². The molecule has 0 aromatic heterocycles. The lowest BCUT2D eigenvalue weighted by atomic mass is 10.1. The average Bonchev–Trinajstić information content (AvgIpc) is 3.27. The van der Waals surface area contributed by atoms with Crippen LogP contribution < -0.4 is 0 Å². The van der Waals surface area contributed by atoms with Crippen LogP contribution in [-0.4, -0.2) is 47.5 Å². The lowest BCUT2D eigenvalue weighted by Gasteiger charge is -2.30. The number of nitrogens with zero attached hydrogens (tertiary/aromatic N) is 1. The molecule has 5 nitrogen and oxygen atoms in total. The minimum atomic E-state index is -0.326. The first-order chi connectivity index (χ1) is 19.3. The quantitative estimate of drug-likeness (QED) is 0.247. The highest BCUT2D eigenvalue weighted by molar-refractivity contribution is 5.18. The van der Waals surface area contributed by atoms with Crippen molar-refractivity contribution in [2.75, 3.05) is 13.2 Å². The smallest absolute Gasteiger partial charge is 0.103 e. The molecule has 202 valence electrons. The van der Waals surface area contributed by atoms with E-state index in [4.69, 9.17) is 14.2 Å². The van der Waals surface area contributed by atoms with Gasteiger partial charge in [0.05, 0.1) is 45.1 Å². The van der Waals surface area contributed by atoms with Crippen molar-refractivity contribution in [2.45, 2.75) is 50.7 Å². The Morgan fingerprint density at radius 2 is 0.923 bits per heavy atom. The molecule has 0 saturated carbocycles. The third kappa shape index (κ3) is 7.41. The van der Waals surface area contributed by atoms with E-state index in [0.717, 1.165) is 16.7 Å². The predicted octanol–water partition coefficient (Wildman–Crippen LogP) is 5.62. The maximum atomic E-state index is 10.7. The van der Waals surface area contributed by atoms with Crippen molar-refractivity contribution in [3.05, 3.63) is 144 Å². The minimum Gasteiger partial charge on any atom is -0.395 e. The third-order valence-corrected chi connectivity index (χ3v) is 7.30. The normalized spacial score (nSPS) is 21.3. The molecular weight excluding hydrogens is 486 g/mol. The number of likely N-dealkylation sites (tertiary alicyclic amines) is 1. The summed E-state index contributed by atoms with van der Waals surface area (Å²) in [4.78, 5) is 2.31. The van der Waals surface area contributed by atoms with Crippen LogP contribution in [0.1, 0.15) is 22.3 Å². The van der Waals surface area contributed by atoms with Gasteiger partial charge in [-0.05, 0) is 22.3 Å². The van der Waals surface area contributed by atoms with Gasteiger partial charge in [0, 0.05) is 6.54 Å². The second-order valence-corrected chi connectivity index (χ2v) is 10.00. The Kier molecular flexibility index (Phi) is 9.91. The zero-order valence-electron chi connectivity index (χ0n) is 22.2. The molecule has 5 heteroatoms. The Labute approximate surface area is 231 Å². The van der Waals surface area contributed by atoms with E-state index in [2.05, 4.69) is 53.4 Å². The molecule has 1 heterocycles. The van der Waals surface area contributed by atoms with Crippen molar-refractivity contribution < 1.29 is 19.3 Å². The molecule has 0 bridgehead atoms. The monoisotopic (exact) mass is 523 g/mol. The summed E-state index contributed by atoms with van der Waals surface area (Å²) in [6.45, 7) is 2.52. The number of hydrogen-bond donors (Lipinski definition) is 1. The van der Waals surface area contributed by atoms with Crippen molar-refractivity contribution in [1.82, 2.24) is 4.90 Å². The van der Waals surface area contributed by atoms with Gasteiger partial charge in [0.15, 0.2) is 0 Å². The lowest BCUT2D eigenvalue weighted by Crippen LogP contribution is -2.43. The molecule has 0 amide bonds. The Morgan fingerprint density at radius 3 is 1.38 bits per heavy atom. The Hall–Kier alpha value is -3.32. The number of aliphatic hydroxyl groups is 1. The lowest BCUT2D eigenvalue weighted by molar-refractivity contribution is -0.0888. The molecule has 1 saturated heterocycles. The van der Waals surface area contributed by atoms with E-state index in [9.17, 15) is 5.11 Å². The van der Waals surface area contributed by atoms with Crippen LogP contribution >= 0.6 is 0 Å². The SMILES string of the molecule is OC[C@H]1[C@@H](OCc2ccccc2)[C@H](OCc2ccccc2)[C@@H](COCc2ccccc2)N1Cc1ccccc1. The van der Waals surface area contributed by atoms with E-state index < -0.39 is 0 Å². The Bertz CT molecular complexity index is 1220. The topological polar surface area (TPSA) is 51.2 Å². The van der Waals surface area contributed by atoms with Crippen LogP contribution in [0.5, 0.6) is 0 Å². The first-order valence-corrected chi connectivity index (χ1v) is 13.6. The van der Waals surface area contributed by atoms with E-state index in [1.54, 1.807) is 0 Å². The molecule has 0 radical (unpaired) electrons. The largest absolute Gasteiger partial charge is 0.395 e. The molecular formula is C34H37NO4. The van der Waals surface area contributed by atoms with Gasteiger partial charge in [-0.1, -0.05) is 121 Å². The van der Waals surface area contributed by atoms with Crippen molar-refractivity contribution in [3.63, 3.8) is 0 Å². The fraction of sp³-hybridized carbons (Fsp3) is 0.294. The van der Waals surface area contributed by atoms with Crippen LogP contribution in [0.15, 0.2) is 121 Å². The van der Waals surface area contributed by atoms with Crippen LogP contribution in [0.4, 0.5) is 0 Å². The van der Waals surface area contributed by atoms with Gasteiger partial charge in [-0.3, -0.25) is 4.90 Å². The zero-order chi connectivity index (χ0) is 26.7. The summed E-state index contributed by atoms with van der Waals surface area (Å²) in [5.74, 6) is 0. The van der Waals surface area contributed by atoms with Crippen LogP contribution in [0.3, 0.4) is 0 Å². The minimum absolute atomic E-state index is 0.0350. The Balaban J connectivity index is 1.40. The summed E-state index contributed by atoms with van der Waals surface area (Å²) < 4.78 is 19.5. The molecule has 5 rings (SSSR count). The van der Waals surface area contributed by atoms with E-state index in [0.29, 0.717) is 33.0 Å². The van der Waals surface area contributed by atoms with Gasteiger partial charge in [0.2, 0.25) is 0 Å². The third-order valence-electron chi connectivity index (χ3n) is 7.30. The summed E-state index contributed by atoms with van der Waals surface area (Å²) in [5.41, 5.74) is 4.50. The highest BCUT2D eigenvalue weighted by Gasteiger charge is 2.50. The van der Waals surface area contributed by atoms with E-state index in [-0.39, 0.29) is 30.9 Å². The second-order valence-electron chi connectivity index (χ2n) is 10.00.